The molecule has 2 heteroatoms. The average molecular weight is 167 g/mol. The molecule has 0 radical (unpaired) electrons. The molecular weight excluding hydrogens is 150 g/mol. The molecule has 2 fully saturated rings. The molecule has 0 bridgehead atoms. The minimum Gasteiger partial charge on any atom is -0.316 e. The van der Waals surface area contributed by atoms with Gasteiger partial charge in [-0.15, -0.1) is 0 Å². The van der Waals surface area contributed by atoms with Crippen molar-refractivity contribution in [1.29, 1.82) is 0 Å². The first-order chi connectivity index (χ1) is 5.74. The lowest BCUT2D eigenvalue weighted by Gasteiger charge is -2.54. The van der Waals surface area contributed by atoms with Crippen LogP contribution in [0.15, 0.2) is 0 Å². The first-order valence-corrected chi connectivity index (χ1v) is 4.96. The van der Waals surface area contributed by atoms with Crippen LogP contribution in [0.4, 0.5) is 0 Å². The molecule has 1 aliphatic heterocycles. The number of nitrogens with one attached hydrogen (secondary N) is 1. The highest BCUT2D eigenvalue weighted by molar-refractivity contribution is 5.78. The Kier molecular flexibility index (Phi) is 1.95. The van der Waals surface area contributed by atoms with Crippen LogP contribution in [0.1, 0.15) is 32.6 Å². The highest BCUT2D eigenvalue weighted by Crippen LogP contribution is 2.49. The molecule has 1 aliphatic carbocycles. The van der Waals surface area contributed by atoms with Gasteiger partial charge in [0.15, 0.2) is 0 Å². The normalized spacial score (nSPS) is 26.4. The molecule has 1 N–H and O–H groups in total. The van der Waals surface area contributed by atoms with E-state index in [4.69, 9.17) is 0 Å². The van der Waals surface area contributed by atoms with E-state index in [1.165, 1.54) is 25.9 Å². The van der Waals surface area contributed by atoms with Gasteiger partial charge in [0.1, 0.15) is 5.78 Å². The van der Waals surface area contributed by atoms with Gasteiger partial charge in [0, 0.05) is 25.9 Å². The monoisotopic (exact) mass is 167 g/mol. The summed E-state index contributed by atoms with van der Waals surface area (Å²) in [6, 6.07) is 0. The topological polar surface area (TPSA) is 29.1 Å². The lowest BCUT2D eigenvalue weighted by Crippen LogP contribution is -2.60. The Morgan fingerprint density at radius 3 is 2.58 bits per heavy atom. The van der Waals surface area contributed by atoms with Crippen LogP contribution >= 0.6 is 0 Å². The van der Waals surface area contributed by atoms with Crippen LogP contribution in [0, 0.1) is 11.3 Å². The molecule has 2 nitrogen and oxygen atoms in total. The van der Waals surface area contributed by atoms with Crippen molar-refractivity contribution in [3.05, 3.63) is 0 Å². The van der Waals surface area contributed by atoms with Crippen LogP contribution in [0.25, 0.3) is 0 Å². The van der Waals surface area contributed by atoms with E-state index < -0.39 is 0 Å². The van der Waals surface area contributed by atoms with Crippen molar-refractivity contribution in [3.8, 4) is 0 Å². The second-order valence-corrected chi connectivity index (χ2v) is 4.47. The van der Waals surface area contributed by atoms with E-state index in [-0.39, 0.29) is 0 Å². The second kappa shape index (κ2) is 2.84. The Morgan fingerprint density at radius 1 is 1.50 bits per heavy atom. The number of ketones is 1. The molecule has 12 heavy (non-hydrogen) atoms. The van der Waals surface area contributed by atoms with Gasteiger partial charge in [0.05, 0.1) is 0 Å². The first kappa shape index (κ1) is 8.24. The molecule has 1 heterocycles. The minimum atomic E-state index is 0.446. The van der Waals surface area contributed by atoms with Crippen molar-refractivity contribution in [2.75, 3.05) is 13.1 Å². The maximum absolute atomic E-state index is 11.1. The second-order valence-electron chi connectivity index (χ2n) is 4.47. The summed E-state index contributed by atoms with van der Waals surface area (Å²) in [4.78, 5) is 11.1. The number of Topliss-reactive ketones (excluding diaryl/α,β-unsaturated/α-hetero) is 1. The molecule has 0 amide bonds. The summed E-state index contributed by atoms with van der Waals surface area (Å²) in [5, 5.41) is 3.31. The average Bonchev–Trinajstić information content (AvgIpc) is 1.91. The molecule has 0 aromatic carbocycles. The van der Waals surface area contributed by atoms with Crippen molar-refractivity contribution in [2.24, 2.45) is 11.3 Å². The van der Waals surface area contributed by atoms with Crippen LogP contribution in [0.2, 0.25) is 0 Å². The Balaban J connectivity index is 1.71. The fourth-order valence-corrected chi connectivity index (χ4v) is 2.54. The van der Waals surface area contributed by atoms with Gasteiger partial charge in [-0.05, 0) is 24.2 Å². The number of carbonyl (C=O) groups excluding carboxylic acids is 1. The molecule has 2 aliphatic rings. The van der Waals surface area contributed by atoms with Gasteiger partial charge in [0.25, 0.3) is 0 Å². The largest absolute Gasteiger partial charge is 0.316 e. The van der Waals surface area contributed by atoms with Crippen molar-refractivity contribution in [1.82, 2.24) is 5.32 Å². The highest BCUT2D eigenvalue weighted by Gasteiger charge is 2.48. The summed E-state index contributed by atoms with van der Waals surface area (Å²) in [6.45, 7) is 4.36. The summed E-state index contributed by atoms with van der Waals surface area (Å²) in [6.07, 6.45) is 4.16. The zero-order chi connectivity index (χ0) is 8.60. The fourth-order valence-electron chi connectivity index (χ4n) is 2.54. The lowest BCUT2D eigenvalue weighted by atomic mass is 9.57. The van der Waals surface area contributed by atoms with Gasteiger partial charge in [-0.25, -0.2) is 0 Å². The van der Waals surface area contributed by atoms with Gasteiger partial charge in [0.2, 0.25) is 0 Å². The zero-order valence-corrected chi connectivity index (χ0v) is 7.73. The van der Waals surface area contributed by atoms with Crippen LogP contribution in [0.5, 0.6) is 0 Å². The van der Waals surface area contributed by atoms with Gasteiger partial charge >= 0.3 is 0 Å². The molecule has 68 valence electrons. The van der Waals surface area contributed by atoms with Crippen LogP contribution < -0.4 is 5.32 Å². The maximum atomic E-state index is 11.1. The first-order valence-electron chi connectivity index (χ1n) is 4.96. The summed E-state index contributed by atoms with van der Waals surface area (Å²) in [5.74, 6) is 1.17. The molecule has 2 rings (SSSR count). The Bertz CT molecular complexity index is 188. The standard InChI is InChI=1S/C10H17NO/c1-2-9(12)3-8-4-10(5-8)6-11-7-10/h8,11H,2-7H2,1H3. The molecule has 0 atom stereocenters. The molecule has 0 unspecified atom stereocenters. The molecule has 1 spiro atoms. The van der Waals surface area contributed by atoms with Gasteiger partial charge < -0.3 is 5.32 Å². The van der Waals surface area contributed by atoms with E-state index >= 15 is 0 Å². The third-order valence-corrected chi connectivity index (χ3v) is 3.35. The molecule has 0 aromatic heterocycles. The van der Waals surface area contributed by atoms with Gasteiger partial charge in [-0.1, -0.05) is 6.92 Å². The SMILES string of the molecule is CCC(=O)CC1CC2(CNC2)C1. The number of rotatable bonds is 3. The van der Waals surface area contributed by atoms with Crippen molar-refractivity contribution >= 4 is 5.78 Å². The minimum absolute atomic E-state index is 0.446. The Hall–Kier alpha value is -0.370. The summed E-state index contributed by atoms with van der Waals surface area (Å²) in [5.41, 5.74) is 0.638. The van der Waals surface area contributed by atoms with E-state index in [1.807, 2.05) is 6.92 Å². The predicted octanol–water partition coefficient (Wildman–Crippen LogP) is 1.36. The van der Waals surface area contributed by atoms with E-state index in [0.29, 0.717) is 11.2 Å². The Morgan fingerprint density at radius 2 is 2.17 bits per heavy atom. The van der Waals surface area contributed by atoms with Crippen LogP contribution in [-0.2, 0) is 4.79 Å². The van der Waals surface area contributed by atoms with E-state index in [9.17, 15) is 4.79 Å². The molecule has 1 saturated heterocycles. The lowest BCUT2D eigenvalue weighted by molar-refractivity contribution is -0.122. The molecule has 0 aromatic rings. The van der Waals surface area contributed by atoms with E-state index in [0.717, 1.165) is 18.8 Å². The zero-order valence-electron chi connectivity index (χ0n) is 7.73. The van der Waals surface area contributed by atoms with Crippen molar-refractivity contribution in [3.63, 3.8) is 0 Å². The summed E-state index contributed by atoms with van der Waals surface area (Å²) >= 11 is 0. The highest BCUT2D eigenvalue weighted by atomic mass is 16.1. The number of hydrogen-bond acceptors (Lipinski definition) is 2. The third kappa shape index (κ3) is 1.28. The maximum Gasteiger partial charge on any atom is 0.132 e. The van der Waals surface area contributed by atoms with Crippen LogP contribution in [0.3, 0.4) is 0 Å². The number of carbonyl (C=O) groups is 1. The van der Waals surface area contributed by atoms with Crippen molar-refractivity contribution in [2.45, 2.75) is 32.6 Å². The van der Waals surface area contributed by atoms with Crippen LogP contribution in [-0.4, -0.2) is 18.9 Å². The Labute approximate surface area is 73.7 Å². The summed E-state index contributed by atoms with van der Waals surface area (Å²) < 4.78 is 0. The third-order valence-electron chi connectivity index (χ3n) is 3.35. The quantitative estimate of drug-likeness (QED) is 0.687. The predicted molar refractivity (Wildman–Crippen MR) is 47.9 cm³/mol. The molecular formula is C10H17NO. The van der Waals surface area contributed by atoms with E-state index in [1.54, 1.807) is 0 Å². The fraction of sp³-hybridized carbons (Fsp3) is 0.900. The smallest absolute Gasteiger partial charge is 0.132 e. The van der Waals surface area contributed by atoms with E-state index in [2.05, 4.69) is 5.32 Å². The molecule has 1 saturated carbocycles. The van der Waals surface area contributed by atoms with Gasteiger partial charge in [-0.2, -0.15) is 0 Å². The van der Waals surface area contributed by atoms with Crippen molar-refractivity contribution < 1.29 is 4.79 Å². The van der Waals surface area contributed by atoms with Gasteiger partial charge in [-0.3, -0.25) is 4.79 Å². The summed E-state index contributed by atoms with van der Waals surface area (Å²) in [7, 11) is 0. The number of hydrogen-bond donors (Lipinski definition) is 1.